The van der Waals surface area contributed by atoms with E-state index in [9.17, 15) is 14.7 Å². The highest BCUT2D eigenvalue weighted by Crippen LogP contribution is 2.34. The first-order chi connectivity index (χ1) is 11.5. The summed E-state index contributed by atoms with van der Waals surface area (Å²) in [6.07, 6.45) is 0. The molecule has 1 heterocycles. The van der Waals surface area contributed by atoms with Crippen LogP contribution in [0.15, 0.2) is 54.1 Å². The molecule has 5 nitrogen and oxygen atoms in total. The molecule has 1 aliphatic rings. The molecule has 0 bridgehead atoms. The Bertz CT molecular complexity index is 837. The van der Waals surface area contributed by atoms with Gasteiger partial charge in [-0.1, -0.05) is 42.0 Å². The maximum Gasteiger partial charge on any atom is 0.293 e. The number of aliphatic hydroxyl groups is 1. The van der Waals surface area contributed by atoms with Crippen LogP contribution in [0.2, 0.25) is 0 Å². The van der Waals surface area contributed by atoms with Crippen molar-refractivity contribution in [3.8, 4) is 5.75 Å². The Balaban J connectivity index is 2.11. The second-order valence-electron chi connectivity index (χ2n) is 5.64. The molecule has 1 aliphatic heterocycles. The van der Waals surface area contributed by atoms with Crippen LogP contribution < -0.4 is 10.1 Å². The van der Waals surface area contributed by atoms with Gasteiger partial charge in [0, 0.05) is 5.56 Å². The lowest BCUT2D eigenvalue weighted by Gasteiger charge is -2.14. The van der Waals surface area contributed by atoms with Gasteiger partial charge in [-0.3, -0.25) is 9.59 Å². The molecule has 0 aromatic heterocycles. The second-order valence-corrected chi connectivity index (χ2v) is 5.64. The van der Waals surface area contributed by atoms with Gasteiger partial charge in [-0.25, -0.2) is 0 Å². The Kier molecular flexibility index (Phi) is 4.08. The number of methoxy groups -OCH3 is 1. The zero-order valence-electron chi connectivity index (χ0n) is 13.4. The first-order valence-electron chi connectivity index (χ1n) is 7.50. The lowest BCUT2D eigenvalue weighted by Crippen LogP contribution is -2.21. The molecule has 5 heteroatoms. The first-order valence-corrected chi connectivity index (χ1v) is 7.50. The van der Waals surface area contributed by atoms with Gasteiger partial charge >= 0.3 is 0 Å². The van der Waals surface area contributed by atoms with E-state index in [2.05, 4.69) is 5.32 Å². The van der Waals surface area contributed by atoms with Crippen molar-refractivity contribution < 1.29 is 19.4 Å². The molecule has 1 saturated heterocycles. The number of nitrogens with one attached hydrogen (secondary N) is 1. The van der Waals surface area contributed by atoms with Crippen molar-refractivity contribution in [3.05, 3.63) is 70.8 Å². The number of hydrogen-bond acceptors (Lipinski definition) is 4. The molecule has 1 amide bonds. The predicted octanol–water partition coefficient (Wildman–Crippen LogP) is 2.71. The van der Waals surface area contributed by atoms with Crippen molar-refractivity contribution in [1.82, 2.24) is 5.32 Å². The van der Waals surface area contributed by atoms with Gasteiger partial charge < -0.3 is 15.2 Å². The molecule has 0 unspecified atom stereocenters. The smallest absolute Gasteiger partial charge is 0.293 e. The normalized spacial score (nSPS) is 19.2. The largest absolute Gasteiger partial charge is 0.507 e. The molecule has 3 rings (SSSR count). The lowest BCUT2D eigenvalue weighted by molar-refractivity contribution is -0.133. The maximum atomic E-state index is 12.3. The molecule has 2 aromatic rings. The molecule has 0 saturated carbocycles. The Morgan fingerprint density at radius 2 is 1.83 bits per heavy atom. The summed E-state index contributed by atoms with van der Waals surface area (Å²) in [6.45, 7) is 1.93. The fourth-order valence-electron chi connectivity index (χ4n) is 2.70. The number of ether oxygens (including phenoxy) is 1. The highest BCUT2D eigenvalue weighted by atomic mass is 16.5. The number of carbonyl (C=O) groups is 2. The second kappa shape index (κ2) is 6.20. The minimum atomic E-state index is -0.725. The van der Waals surface area contributed by atoms with Crippen LogP contribution in [0.4, 0.5) is 0 Å². The topological polar surface area (TPSA) is 75.6 Å². The molecule has 0 radical (unpaired) electrons. The Labute approximate surface area is 139 Å². The monoisotopic (exact) mass is 323 g/mol. The molecular formula is C19H17NO4. The van der Waals surface area contributed by atoms with Crippen molar-refractivity contribution in [2.75, 3.05) is 7.11 Å². The fourth-order valence-corrected chi connectivity index (χ4v) is 2.70. The van der Waals surface area contributed by atoms with Crippen molar-refractivity contribution in [3.63, 3.8) is 0 Å². The van der Waals surface area contributed by atoms with Crippen LogP contribution in [0.5, 0.6) is 5.75 Å². The molecule has 0 spiro atoms. The van der Waals surface area contributed by atoms with Crippen molar-refractivity contribution in [2.24, 2.45) is 0 Å². The molecule has 24 heavy (non-hydrogen) atoms. The third-order valence-electron chi connectivity index (χ3n) is 4.02. The van der Waals surface area contributed by atoms with E-state index in [-0.39, 0.29) is 11.3 Å². The van der Waals surface area contributed by atoms with Crippen molar-refractivity contribution in [1.29, 1.82) is 0 Å². The van der Waals surface area contributed by atoms with E-state index in [1.165, 1.54) is 7.11 Å². The number of rotatable bonds is 3. The highest BCUT2D eigenvalue weighted by Gasteiger charge is 2.39. The van der Waals surface area contributed by atoms with Gasteiger partial charge in [0.1, 0.15) is 11.5 Å². The van der Waals surface area contributed by atoms with E-state index >= 15 is 0 Å². The number of amides is 1. The van der Waals surface area contributed by atoms with Crippen molar-refractivity contribution >= 4 is 17.4 Å². The van der Waals surface area contributed by atoms with Gasteiger partial charge in [0.05, 0.1) is 18.7 Å². The molecule has 2 N–H and O–H groups in total. The summed E-state index contributed by atoms with van der Waals surface area (Å²) < 4.78 is 5.19. The van der Waals surface area contributed by atoms with Crippen LogP contribution in [0.1, 0.15) is 22.7 Å². The number of aliphatic hydroxyl groups excluding tert-OH is 1. The Hall–Kier alpha value is -3.08. The van der Waals surface area contributed by atoms with Crippen LogP contribution in [0.3, 0.4) is 0 Å². The Morgan fingerprint density at radius 3 is 2.50 bits per heavy atom. The van der Waals surface area contributed by atoms with Gasteiger partial charge in [0.15, 0.2) is 0 Å². The summed E-state index contributed by atoms with van der Waals surface area (Å²) in [4.78, 5) is 24.1. The van der Waals surface area contributed by atoms with E-state index < -0.39 is 17.7 Å². The molecule has 1 fully saturated rings. The quantitative estimate of drug-likeness (QED) is 0.517. The summed E-state index contributed by atoms with van der Waals surface area (Å²) in [7, 11) is 1.54. The van der Waals surface area contributed by atoms with E-state index in [4.69, 9.17) is 4.74 Å². The zero-order valence-corrected chi connectivity index (χ0v) is 13.4. The maximum absolute atomic E-state index is 12.3. The predicted molar refractivity (Wildman–Crippen MR) is 89.6 cm³/mol. The van der Waals surface area contributed by atoms with E-state index in [0.29, 0.717) is 16.9 Å². The number of aryl methyl sites for hydroxylation is 1. The van der Waals surface area contributed by atoms with Gasteiger partial charge in [0.2, 0.25) is 0 Å². The molecule has 1 atom stereocenters. The number of hydrogen-bond donors (Lipinski definition) is 2. The van der Waals surface area contributed by atoms with Gasteiger partial charge in [-0.05, 0) is 24.6 Å². The molecule has 2 aromatic carbocycles. The van der Waals surface area contributed by atoms with Crippen LogP contribution in [-0.4, -0.2) is 23.9 Å². The summed E-state index contributed by atoms with van der Waals surface area (Å²) in [5, 5.41) is 13.2. The number of ketones is 1. The summed E-state index contributed by atoms with van der Waals surface area (Å²) >= 11 is 0. The van der Waals surface area contributed by atoms with Crippen LogP contribution >= 0.6 is 0 Å². The first kappa shape index (κ1) is 15.8. The van der Waals surface area contributed by atoms with Crippen LogP contribution in [0.25, 0.3) is 5.76 Å². The number of Topliss-reactive ketones (excluding diaryl/α,β-unsaturated/α-hetero) is 1. The van der Waals surface area contributed by atoms with Crippen molar-refractivity contribution in [2.45, 2.75) is 13.0 Å². The third kappa shape index (κ3) is 2.76. The van der Waals surface area contributed by atoms with Crippen LogP contribution in [0, 0.1) is 6.92 Å². The van der Waals surface area contributed by atoms with E-state index in [0.717, 1.165) is 5.56 Å². The summed E-state index contributed by atoms with van der Waals surface area (Å²) in [6, 6.07) is 13.4. The summed E-state index contributed by atoms with van der Waals surface area (Å²) in [5.74, 6) is -1.03. The lowest BCUT2D eigenvalue weighted by atomic mass is 9.95. The number of carbonyl (C=O) groups excluding carboxylic acids is 2. The highest BCUT2D eigenvalue weighted by molar-refractivity contribution is 6.46. The average Bonchev–Trinajstić information content (AvgIpc) is 2.90. The third-order valence-corrected chi connectivity index (χ3v) is 4.02. The van der Waals surface area contributed by atoms with E-state index in [1.807, 2.05) is 19.1 Å². The molecule has 122 valence electrons. The van der Waals surface area contributed by atoms with Gasteiger partial charge in [-0.15, -0.1) is 0 Å². The summed E-state index contributed by atoms with van der Waals surface area (Å²) in [5.41, 5.74) is 2.25. The SMILES string of the molecule is COc1cccc([C@@H]2NC(=O)C(=O)/C2=C(/O)c2ccc(C)cc2)c1. The minimum absolute atomic E-state index is 0.0529. The average molecular weight is 323 g/mol. The van der Waals surface area contributed by atoms with Crippen LogP contribution in [-0.2, 0) is 9.59 Å². The molecular weight excluding hydrogens is 306 g/mol. The number of benzene rings is 2. The fraction of sp³-hybridized carbons (Fsp3) is 0.158. The van der Waals surface area contributed by atoms with Gasteiger partial charge in [-0.2, -0.15) is 0 Å². The Morgan fingerprint density at radius 1 is 1.12 bits per heavy atom. The van der Waals surface area contributed by atoms with E-state index in [1.54, 1.807) is 36.4 Å². The molecule has 0 aliphatic carbocycles. The van der Waals surface area contributed by atoms with Gasteiger partial charge in [0.25, 0.3) is 11.7 Å². The standard InChI is InChI=1S/C19H17NO4/c1-11-6-8-12(9-7-11)17(21)15-16(20-19(23)18(15)22)13-4-3-5-14(10-13)24-2/h3-10,16,21H,1-2H3,(H,20,23)/b17-15+/t16-/m0/s1. The zero-order chi connectivity index (χ0) is 17.3. The minimum Gasteiger partial charge on any atom is -0.507 e.